The first-order valence-corrected chi connectivity index (χ1v) is 12.6. The normalized spacial score (nSPS) is 19.9. The van der Waals surface area contributed by atoms with Crippen molar-refractivity contribution < 1.29 is 28.7 Å². The van der Waals surface area contributed by atoms with Crippen LogP contribution in [0.3, 0.4) is 0 Å². The van der Waals surface area contributed by atoms with Crippen LogP contribution in [0.5, 0.6) is 0 Å². The van der Waals surface area contributed by atoms with Gasteiger partial charge in [-0.05, 0) is 37.0 Å². The molecule has 4 amide bonds. The summed E-state index contributed by atoms with van der Waals surface area (Å²) < 4.78 is 4.88. The molecule has 0 bridgehead atoms. The molecule has 0 spiro atoms. The van der Waals surface area contributed by atoms with Gasteiger partial charge in [0.25, 0.3) is 5.91 Å². The average molecular weight is 521 g/mol. The topological polar surface area (TPSA) is 182 Å². The largest absolute Gasteiger partial charge is 0.467 e. The summed E-state index contributed by atoms with van der Waals surface area (Å²) in [6.45, 7) is 5.81. The second kappa shape index (κ2) is 12.8. The average Bonchev–Trinajstić information content (AvgIpc) is 3.68. The molecular formula is C25H40N6O6. The van der Waals surface area contributed by atoms with E-state index in [-0.39, 0.29) is 18.2 Å². The van der Waals surface area contributed by atoms with Crippen LogP contribution in [0.4, 0.5) is 0 Å². The van der Waals surface area contributed by atoms with Gasteiger partial charge >= 0.3 is 5.97 Å². The Morgan fingerprint density at radius 1 is 1.16 bits per heavy atom. The molecular weight excluding hydrogens is 480 g/mol. The van der Waals surface area contributed by atoms with E-state index in [0.717, 1.165) is 19.3 Å². The summed E-state index contributed by atoms with van der Waals surface area (Å²) in [7, 11) is 2.69. The number of carbonyl (C=O) groups excluding carboxylic acids is 5. The van der Waals surface area contributed by atoms with Gasteiger partial charge < -0.3 is 31.0 Å². The highest BCUT2D eigenvalue weighted by Gasteiger charge is 2.41. The summed E-state index contributed by atoms with van der Waals surface area (Å²) in [5, 5.41) is 22.7. The number of piperidine rings is 1. The third-order valence-electron chi connectivity index (χ3n) is 6.87. The molecule has 37 heavy (non-hydrogen) atoms. The Morgan fingerprint density at radius 2 is 1.81 bits per heavy atom. The van der Waals surface area contributed by atoms with Crippen molar-refractivity contribution in [1.29, 1.82) is 10.8 Å². The molecule has 2 rings (SSSR count). The maximum atomic E-state index is 13.6. The molecule has 1 heterocycles. The van der Waals surface area contributed by atoms with E-state index in [1.165, 1.54) is 19.1 Å². The number of likely N-dealkylation sites (N-methyl/N-ethyl adjacent to an activating group) is 1. The lowest BCUT2D eigenvalue weighted by Crippen LogP contribution is -2.60. The SMILES string of the molecule is COC(=O)[C@H](C[C@@H]1CCCNC1=O)NC(=O)[C@H](CC1CC1)N(C)C(=O)[C@@H](NC(=O)C(=N)C=N)C(C)(C)C. The summed E-state index contributed by atoms with van der Waals surface area (Å²) in [5.74, 6) is -2.96. The molecule has 0 aromatic rings. The highest BCUT2D eigenvalue weighted by Crippen LogP contribution is 2.35. The van der Waals surface area contributed by atoms with Gasteiger partial charge in [-0.1, -0.05) is 33.6 Å². The zero-order valence-electron chi connectivity index (χ0n) is 22.3. The lowest BCUT2D eigenvalue weighted by molar-refractivity contribution is -0.148. The summed E-state index contributed by atoms with van der Waals surface area (Å²) in [5.41, 5.74) is -1.35. The van der Waals surface area contributed by atoms with Gasteiger partial charge in [-0.15, -0.1) is 0 Å². The standard InChI is InChI=1S/C25H40N6O6/c1-25(2,3)19(30-21(33)16(27)13-26)23(35)31(4)18(11-14-8-9-14)22(34)29-17(24(36)37-5)12-15-7-6-10-28-20(15)32/h13-15,17-19,26-27H,6-12H2,1-5H3,(H,28,32)(H,29,34)(H,30,33)/t15-,17-,18-,19+/m0/s1. The van der Waals surface area contributed by atoms with Gasteiger partial charge in [-0.25, -0.2) is 4.79 Å². The van der Waals surface area contributed by atoms with E-state index in [1.807, 2.05) is 0 Å². The maximum Gasteiger partial charge on any atom is 0.328 e. The molecule has 12 nitrogen and oxygen atoms in total. The van der Waals surface area contributed by atoms with Crippen LogP contribution in [0.2, 0.25) is 0 Å². The van der Waals surface area contributed by atoms with Crippen LogP contribution < -0.4 is 16.0 Å². The van der Waals surface area contributed by atoms with E-state index in [0.29, 0.717) is 25.6 Å². The van der Waals surface area contributed by atoms with Crippen LogP contribution in [0, 0.1) is 28.1 Å². The Balaban J connectivity index is 2.24. The second-order valence-corrected chi connectivity index (χ2v) is 10.9. The molecule has 1 saturated carbocycles. The molecule has 1 aliphatic heterocycles. The Morgan fingerprint density at radius 3 is 2.32 bits per heavy atom. The molecule has 0 radical (unpaired) electrons. The smallest absolute Gasteiger partial charge is 0.328 e. The third-order valence-corrected chi connectivity index (χ3v) is 6.87. The molecule has 2 fully saturated rings. The predicted octanol–water partition coefficient (Wildman–Crippen LogP) is 0.388. The predicted molar refractivity (Wildman–Crippen MR) is 136 cm³/mol. The Labute approximate surface area is 217 Å². The Kier molecular flexibility index (Phi) is 10.3. The minimum Gasteiger partial charge on any atom is -0.467 e. The monoisotopic (exact) mass is 520 g/mol. The van der Waals surface area contributed by atoms with Gasteiger partial charge in [0.2, 0.25) is 17.7 Å². The van der Waals surface area contributed by atoms with Crippen LogP contribution in [0.1, 0.15) is 59.3 Å². The molecule has 0 aromatic heterocycles. The fourth-order valence-electron chi connectivity index (χ4n) is 4.36. The molecule has 2 aliphatic rings. The van der Waals surface area contributed by atoms with Crippen molar-refractivity contribution in [2.24, 2.45) is 17.3 Å². The number of hydrogen-bond donors (Lipinski definition) is 5. The van der Waals surface area contributed by atoms with Crippen molar-refractivity contribution in [3.8, 4) is 0 Å². The zero-order chi connectivity index (χ0) is 27.9. The molecule has 4 atom stereocenters. The van der Waals surface area contributed by atoms with Crippen molar-refractivity contribution in [2.75, 3.05) is 20.7 Å². The number of nitrogens with one attached hydrogen (secondary N) is 5. The number of hydrogen-bond acceptors (Lipinski definition) is 8. The third kappa shape index (κ3) is 8.36. The Hall–Kier alpha value is -3.31. The van der Waals surface area contributed by atoms with Crippen LogP contribution in [-0.4, -0.2) is 85.3 Å². The molecule has 0 unspecified atom stereocenters. The van der Waals surface area contributed by atoms with Gasteiger partial charge in [0.15, 0.2) is 0 Å². The Bertz CT molecular complexity index is 925. The van der Waals surface area contributed by atoms with E-state index in [2.05, 4.69) is 16.0 Å². The maximum absolute atomic E-state index is 13.6. The minimum atomic E-state index is -1.07. The van der Waals surface area contributed by atoms with Crippen molar-refractivity contribution in [1.82, 2.24) is 20.9 Å². The van der Waals surface area contributed by atoms with Crippen molar-refractivity contribution in [3.63, 3.8) is 0 Å². The van der Waals surface area contributed by atoms with Crippen molar-refractivity contribution in [3.05, 3.63) is 0 Å². The number of amides is 4. The van der Waals surface area contributed by atoms with Gasteiger partial charge in [0, 0.05) is 25.7 Å². The molecule has 5 N–H and O–H groups in total. The van der Waals surface area contributed by atoms with Crippen molar-refractivity contribution >= 4 is 41.5 Å². The van der Waals surface area contributed by atoms with Crippen molar-refractivity contribution in [2.45, 2.75) is 77.4 Å². The van der Waals surface area contributed by atoms with E-state index in [9.17, 15) is 24.0 Å². The van der Waals surface area contributed by atoms with Gasteiger partial charge in [-0.3, -0.25) is 24.6 Å². The molecule has 1 saturated heterocycles. The van der Waals surface area contributed by atoms with Crippen LogP contribution in [-0.2, 0) is 28.7 Å². The van der Waals surface area contributed by atoms with E-state index >= 15 is 0 Å². The lowest BCUT2D eigenvalue weighted by Gasteiger charge is -2.36. The van der Waals surface area contributed by atoms with E-state index < -0.39 is 58.9 Å². The number of methoxy groups -OCH3 is 1. The first-order valence-electron chi connectivity index (χ1n) is 12.6. The summed E-state index contributed by atoms with van der Waals surface area (Å²) in [4.78, 5) is 65.4. The molecule has 206 valence electrons. The fraction of sp³-hybridized carbons (Fsp3) is 0.720. The summed E-state index contributed by atoms with van der Waals surface area (Å²) in [6, 6.07) is -3.04. The first-order chi connectivity index (χ1) is 17.3. The molecule has 0 aromatic carbocycles. The van der Waals surface area contributed by atoms with Crippen LogP contribution in [0.25, 0.3) is 0 Å². The van der Waals surface area contributed by atoms with Crippen LogP contribution >= 0.6 is 0 Å². The van der Waals surface area contributed by atoms with Gasteiger partial charge in [-0.2, -0.15) is 0 Å². The van der Waals surface area contributed by atoms with E-state index in [1.54, 1.807) is 20.8 Å². The lowest BCUT2D eigenvalue weighted by atomic mass is 9.85. The second-order valence-electron chi connectivity index (χ2n) is 10.9. The number of ether oxygens (including phenoxy) is 1. The summed E-state index contributed by atoms with van der Waals surface area (Å²) in [6.07, 6.45) is 4.27. The number of esters is 1. The minimum absolute atomic E-state index is 0.0878. The van der Waals surface area contributed by atoms with Crippen LogP contribution in [0.15, 0.2) is 0 Å². The number of carbonyl (C=O) groups is 5. The van der Waals surface area contributed by atoms with Gasteiger partial charge in [0.05, 0.1) is 7.11 Å². The summed E-state index contributed by atoms with van der Waals surface area (Å²) >= 11 is 0. The highest BCUT2D eigenvalue weighted by molar-refractivity contribution is 6.59. The fourth-order valence-corrected chi connectivity index (χ4v) is 4.36. The number of nitrogens with zero attached hydrogens (tertiary/aromatic N) is 1. The quantitative estimate of drug-likeness (QED) is 0.183. The molecule has 12 heteroatoms. The zero-order valence-corrected chi connectivity index (χ0v) is 22.3. The van der Waals surface area contributed by atoms with E-state index in [4.69, 9.17) is 15.6 Å². The first kappa shape index (κ1) is 29.9. The van der Waals surface area contributed by atoms with Gasteiger partial charge in [0.1, 0.15) is 23.8 Å². The highest BCUT2D eigenvalue weighted by atomic mass is 16.5. The number of rotatable bonds is 12. The molecule has 1 aliphatic carbocycles.